The number of hydrogen-bond acceptors (Lipinski definition) is 2. The van der Waals surface area contributed by atoms with Crippen molar-refractivity contribution >= 4 is 27.5 Å². The van der Waals surface area contributed by atoms with Gasteiger partial charge in [-0.25, -0.2) is 8.78 Å². The molecule has 0 aliphatic carbocycles. The Balaban J connectivity index is 1.79. The van der Waals surface area contributed by atoms with Gasteiger partial charge in [0.05, 0.1) is 16.8 Å². The zero-order valence-corrected chi connectivity index (χ0v) is 14.7. The molecule has 0 unspecified atom stereocenters. The maximum absolute atomic E-state index is 14.1. The summed E-state index contributed by atoms with van der Waals surface area (Å²) >= 11 is 1.62. The predicted octanol–water partition coefficient (Wildman–Crippen LogP) is 4.57. The van der Waals surface area contributed by atoms with Crippen LogP contribution in [0.3, 0.4) is 0 Å². The number of halogens is 2. The molecule has 0 bridgehead atoms. The number of benzene rings is 1. The van der Waals surface area contributed by atoms with Gasteiger partial charge in [0.1, 0.15) is 17.3 Å². The third-order valence-electron chi connectivity index (χ3n) is 4.67. The molecule has 1 amide bonds. The molecule has 1 aliphatic heterocycles. The fourth-order valence-corrected chi connectivity index (χ4v) is 4.38. The summed E-state index contributed by atoms with van der Waals surface area (Å²) in [6, 6.07) is 7.49. The second-order valence-electron chi connectivity index (χ2n) is 6.46. The van der Waals surface area contributed by atoms with E-state index in [1.54, 1.807) is 11.3 Å². The fourth-order valence-electron chi connectivity index (χ4n) is 3.42. The minimum absolute atomic E-state index is 0.0129. The average molecular weight is 360 g/mol. The van der Waals surface area contributed by atoms with Gasteiger partial charge in [0.15, 0.2) is 0 Å². The van der Waals surface area contributed by atoms with E-state index in [2.05, 4.69) is 0 Å². The van der Waals surface area contributed by atoms with E-state index in [0.717, 1.165) is 47.1 Å². The van der Waals surface area contributed by atoms with Crippen LogP contribution in [-0.2, 0) is 6.54 Å². The molecule has 1 aliphatic rings. The highest BCUT2D eigenvalue weighted by Crippen LogP contribution is 2.31. The predicted molar refractivity (Wildman–Crippen MR) is 95.1 cm³/mol. The van der Waals surface area contributed by atoms with E-state index in [0.29, 0.717) is 11.3 Å². The normalized spacial score (nSPS) is 14.6. The first-order valence-corrected chi connectivity index (χ1v) is 9.17. The molecule has 1 aromatic carbocycles. The van der Waals surface area contributed by atoms with Crippen LogP contribution in [0.2, 0.25) is 0 Å². The van der Waals surface area contributed by atoms with Crippen molar-refractivity contribution in [3.05, 3.63) is 58.1 Å². The lowest BCUT2D eigenvalue weighted by molar-refractivity contribution is 0.0783. The summed E-state index contributed by atoms with van der Waals surface area (Å²) in [4.78, 5) is 15.9. The van der Waals surface area contributed by atoms with Gasteiger partial charge < -0.3 is 9.47 Å². The Morgan fingerprint density at radius 2 is 1.92 bits per heavy atom. The second kappa shape index (κ2) is 6.26. The van der Waals surface area contributed by atoms with E-state index < -0.39 is 11.6 Å². The second-order valence-corrected chi connectivity index (χ2v) is 7.75. The molecule has 2 aromatic heterocycles. The number of thiophene rings is 1. The zero-order chi connectivity index (χ0) is 17.6. The molecule has 6 heteroatoms. The Kier molecular flexibility index (Phi) is 4.07. The Bertz CT molecular complexity index is 954. The summed E-state index contributed by atoms with van der Waals surface area (Å²) in [5, 5.41) is 0. The Hall–Kier alpha value is -2.21. The lowest BCUT2D eigenvalue weighted by atomic mass is 10.2. The van der Waals surface area contributed by atoms with E-state index in [1.165, 1.54) is 12.1 Å². The smallest absolute Gasteiger partial charge is 0.270 e. The SMILES string of the molecule is Cc1cc2c(cc(C(=O)N3CCCC3)n2Cc2ccc(F)cc2F)s1. The summed E-state index contributed by atoms with van der Waals surface area (Å²) in [7, 11) is 0. The highest BCUT2D eigenvalue weighted by Gasteiger charge is 2.25. The number of fused-ring (bicyclic) bond motifs is 1. The number of aryl methyl sites for hydroxylation is 1. The van der Waals surface area contributed by atoms with E-state index in [-0.39, 0.29) is 12.5 Å². The molecule has 3 aromatic rings. The van der Waals surface area contributed by atoms with Crippen molar-refractivity contribution in [1.82, 2.24) is 9.47 Å². The van der Waals surface area contributed by atoms with Gasteiger partial charge in [-0.3, -0.25) is 4.79 Å². The summed E-state index contributed by atoms with van der Waals surface area (Å²) < 4.78 is 30.2. The number of carbonyl (C=O) groups excluding carboxylic acids is 1. The maximum Gasteiger partial charge on any atom is 0.270 e. The molecule has 1 saturated heterocycles. The van der Waals surface area contributed by atoms with Gasteiger partial charge in [-0.05, 0) is 38.0 Å². The summed E-state index contributed by atoms with van der Waals surface area (Å²) in [6.07, 6.45) is 2.04. The number of aromatic nitrogens is 1. The molecule has 0 atom stereocenters. The van der Waals surface area contributed by atoms with Crippen LogP contribution in [0, 0.1) is 18.6 Å². The van der Waals surface area contributed by atoms with Crippen molar-refractivity contribution in [3.63, 3.8) is 0 Å². The monoisotopic (exact) mass is 360 g/mol. The Morgan fingerprint density at radius 3 is 2.64 bits per heavy atom. The number of amides is 1. The van der Waals surface area contributed by atoms with Crippen molar-refractivity contribution in [2.24, 2.45) is 0 Å². The minimum Gasteiger partial charge on any atom is -0.337 e. The third-order valence-corrected chi connectivity index (χ3v) is 5.66. The standard InChI is InChI=1S/C19H18F2N2OS/c1-12-8-16-18(25-12)10-17(19(24)22-6-2-3-7-22)23(16)11-13-4-5-14(20)9-15(13)21/h4-5,8-10H,2-3,6-7,11H2,1H3. The van der Waals surface area contributed by atoms with Gasteiger partial charge in [-0.2, -0.15) is 0 Å². The molecule has 1 fully saturated rings. The van der Waals surface area contributed by atoms with Crippen LogP contribution in [0.25, 0.3) is 10.2 Å². The van der Waals surface area contributed by atoms with Crippen molar-refractivity contribution in [1.29, 1.82) is 0 Å². The Labute approximate surface area is 148 Å². The molecule has 0 saturated carbocycles. The highest BCUT2D eigenvalue weighted by atomic mass is 32.1. The van der Waals surface area contributed by atoms with E-state index in [9.17, 15) is 13.6 Å². The fraction of sp³-hybridized carbons (Fsp3) is 0.316. The quantitative estimate of drug-likeness (QED) is 0.671. The molecule has 3 nitrogen and oxygen atoms in total. The summed E-state index contributed by atoms with van der Waals surface area (Å²) in [5.74, 6) is -1.20. The van der Waals surface area contributed by atoms with Crippen LogP contribution in [-0.4, -0.2) is 28.5 Å². The van der Waals surface area contributed by atoms with Crippen LogP contribution < -0.4 is 0 Å². The van der Waals surface area contributed by atoms with Crippen molar-refractivity contribution in [2.75, 3.05) is 13.1 Å². The molecule has 25 heavy (non-hydrogen) atoms. The number of nitrogens with zero attached hydrogens (tertiary/aromatic N) is 2. The number of hydrogen-bond donors (Lipinski definition) is 0. The van der Waals surface area contributed by atoms with E-state index in [4.69, 9.17) is 0 Å². The van der Waals surface area contributed by atoms with Crippen LogP contribution in [0.4, 0.5) is 8.78 Å². The average Bonchev–Trinajstić information content (AvgIpc) is 3.26. The lowest BCUT2D eigenvalue weighted by Crippen LogP contribution is -2.29. The third kappa shape index (κ3) is 2.95. The molecule has 0 radical (unpaired) electrons. The Morgan fingerprint density at radius 1 is 1.16 bits per heavy atom. The maximum atomic E-state index is 14.1. The highest BCUT2D eigenvalue weighted by molar-refractivity contribution is 7.19. The van der Waals surface area contributed by atoms with Crippen LogP contribution >= 0.6 is 11.3 Å². The molecule has 0 N–H and O–H groups in total. The molecule has 130 valence electrons. The zero-order valence-electron chi connectivity index (χ0n) is 13.9. The summed E-state index contributed by atoms with van der Waals surface area (Å²) in [5.41, 5.74) is 1.87. The minimum atomic E-state index is -0.598. The molecule has 0 spiro atoms. The van der Waals surface area contributed by atoms with Crippen molar-refractivity contribution < 1.29 is 13.6 Å². The molecule has 3 heterocycles. The topological polar surface area (TPSA) is 25.2 Å². The van der Waals surface area contributed by atoms with Gasteiger partial charge in [-0.1, -0.05) is 6.07 Å². The first kappa shape index (κ1) is 16.3. The van der Waals surface area contributed by atoms with Crippen LogP contribution in [0.5, 0.6) is 0 Å². The number of likely N-dealkylation sites (tertiary alicyclic amines) is 1. The van der Waals surface area contributed by atoms with E-state index >= 15 is 0 Å². The molecular formula is C19H18F2N2OS. The first-order valence-electron chi connectivity index (χ1n) is 8.36. The van der Waals surface area contributed by atoms with E-state index in [1.807, 2.05) is 28.5 Å². The molecule has 4 rings (SSSR count). The van der Waals surface area contributed by atoms with Crippen LogP contribution in [0.1, 0.15) is 33.8 Å². The summed E-state index contributed by atoms with van der Waals surface area (Å²) in [6.45, 7) is 3.75. The van der Waals surface area contributed by atoms with Gasteiger partial charge in [0, 0.05) is 29.6 Å². The number of carbonyl (C=O) groups is 1. The van der Waals surface area contributed by atoms with Gasteiger partial charge in [-0.15, -0.1) is 11.3 Å². The van der Waals surface area contributed by atoms with Gasteiger partial charge in [0.2, 0.25) is 0 Å². The van der Waals surface area contributed by atoms with Crippen molar-refractivity contribution in [2.45, 2.75) is 26.3 Å². The first-order chi connectivity index (χ1) is 12.0. The largest absolute Gasteiger partial charge is 0.337 e. The number of rotatable bonds is 3. The van der Waals surface area contributed by atoms with Gasteiger partial charge >= 0.3 is 0 Å². The lowest BCUT2D eigenvalue weighted by Gasteiger charge is -2.17. The van der Waals surface area contributed by atoms with Crippen LogP contribution in [0.15, 0.2) is 30.3 Å². The molecular weight excluding hydrogens is 342 g/mol. The van der Waals surface area contributed by atoms with Crippen molar-refractivity contribution in [3.8, 4) is 0 Å². The van der Waals surface area contributed by atoms with Gasteiger partial charge in [0.25, 0.3) is 5.91 Å².